The second kappa shape index (κ2) is 11.4. The first-order valence-electron chi connectivity index (χ1n) is 13.2. The number of hydrogen-bond acceptors (Lipinski definition) is 5. The molecule has 2 saturated heterocycles. The van der Waals surface area contributed by atoms with Gasteiger partial charge in [-0.1, -0.05) is 47.5 Å². The number of halogens is 2. The Morgan fingerprint density at radius 2 is 1.89 bits per heavy atom. The summed E-state index contributed by atoms with van der Waals surface area (Å²) >= 11 is 1.96. The maximum absolute atomic E-state index is 13.9. The van der Waals surface area contributed by atoms with Gasteiger partial charge >= 0.3 is 0 Å². The van der Waals surface area contributed by atoms with Crippen molar-refractivity contribution in [3.63, 3.8) is 0 Å². The highest BCUT2D eigenvalue weighted by Gasteiger charge is 2.62. The van der Waals surface area contributed by atoms with E-state index in [1.54, 1.807) is 28.8 Å². The van der Waals surface area contributed by atoms with Gasteiger partial charge in [0, 0.05) is 18.5 Å². The van der Waals surface area contributed by atoms with Crippen LogP contribution in [-0.4, -0.2) is 69.0 Å². The smallest absolute Gasteiger partial charge is 0.252 e. The molecule has 9 nitrogen and oxygen atoms in total. The maximum Gasteiger partial charge on any atom is 0.252 e. The van der Waals surface area contributed by atoms with E-state index in [1.807, 2.05) is 22.9 Å². The number of nitrogens with zero attached hydrogens (tertiary/aromatic N) is 3. The van der Waals surface area contributed by atoms with E-state index < -0.39 is 47.9 Å². The van der Waals surface area contributed by atoms with Crippen LogP contribution in [0.2, 0.25) is 0 Å². The second-order valence-electron chi connectivity index (χ2n) is 11.8. The van der Waals surface area contributed by atoms with Gasteiger partial charge < -0.3 is 15.5 Å². The highest BCUT2D eigenvalue weighted by molar-refractivity contribution is 14.1. The first kappa shape index (κ1) is 29.6. The molecular weight excluding hydrogens is 592 g/mol. The number of alkyl halides is 1. The summed E-state index contributed by atoms with van der Waals surface area (Å²) in [5.41, 5.74) is -0.811. The van der Waals surface area contributed by atoms with Crippen LogP contribution in [0, 0.1) is 34.0 Å². The fourth-order valence-electron chi connectivity index (χ4n) is 6.64. The molecule has 206 valence electrons. The molecule has 2 N–H and O–H groups in total. The van der Waals surface area contributed by atoms with Gasteiger partial charge in [0.15, 0.2) is 6.67 Å². The Balaban J connectivity index is 1.89. The predicted molar refractivity (Wildman–Crippen MR) is 144 cm³/mol. The molecule has 0 aromatic carbocycles. The Bertz CT molecular complexity index is 960. The van der Waals surface area contributed by atoms with Gasteiger partial charge in [-0.05, 0) is 42.4 Å². The molecule has 0 aromatic heterocycles. The molecule has 1 saturated carbocycles. The molecule has 4 amide bonds. The summed E-state index contributed by atoms with van der Waals surface area (Å²) in [6, 6.07) is -0.702. The largest absolute Gasteiger partial charge is 0.342 e. The van der Waals surface area contributed by atoms with Crippen molar-refractivity contribution in [3.05, 3.63) is 0 Å². The Labute approximate surface area is 232 Å². The van der Waals surface area contributed by atoms with Crippen LogP contribution in [0.15, 0.2) is 0 Å². The van der Waals surface area contributed by atoms with Crippen LogP contribution < -0.4 is 10.6 Å². The number of carbonyl (C=O) groups is 4. The number of piperidine rings is 1. The summed E-state index contributed by atoms with van der Waals surface area (Å²) in [6.07, 6.45) is 4.01. The van der Waals surface area contributed by atoms with Crippen LogP contribution in [-0.2, 0) is 19.2 Å². The Morgan fingerprint density at radius 3 is 2.38 bits per heavy atom. The summed E-state index contributed by atoms with van der Waals surface area (Å²) in [4.78, 5) is 53.7. The van der Waals surface area contributed by atoms with Gasteiger partial charge in [0.05, 0.1) is 28.9 Å². The lowest BCUT2D eigenvalue weighted by Gasteiger charge is -2.47. The van der Waals surface area contributed by atoms with E-state index in [-0.39, 0.29) is 35.6 Å². The van der Waals surface area contributed by atoms with E-state index in [4.69, 9.17) is 0 Å². The molecule has 2 aliphatic heterocycles. The number of nitriles is 1. The molecule has 2 bridgehead atoms. The third-order valence-corrected chi connectivity index (χ3v) is 9.71. The van der Waals surface area contributed by atoms with Crippen LogP contribution in [0.5, 0.6) is 0 Å². The third-order valence-electron chi connectivity index (χ3n) is 8.75. The van der Waals surface area contributed by atoms with Gasteiger partial charge in [0.2, 0.25) is 17.7 Å². The molecule has 0 radical (unpaired) electrons. The van der Waals surface area contributed by atoms with Crippen LogP contribution in [0.25, 0.3) is 0 Å². The van der Waals surface area contributed by atoms with Crippen molar-refractivity contribution in [2.75, 3.05) is 13.2 Å². The van der Waals surface area contributed by atoms with Crippen molar-refractivity contribution in [3.8, 4) is 6.07 Å². The first-order chi connectivity index (χ1) is 17.3. The molecule has 0 aromatic rings. The predicted octanol–water partition coefficient (Wildman–Crippen LogP) is 2.88. The number of fused-ring (bicyclic) bond motifs is 2. The minimum atomic E-state index is -1.23. The van der Waals surface area contributed by atoms with E-state index in [1.165, 1.54) is 0 Å². The first-order valence-corrected chi connectivity index (χ1v) is 14.1. The summed E-state index contributed by atoms with van der Waals surface area (Å²) in [5.74, 6) is -2.13. The summed E-state index contributed by atoms with van der Waals surface area (Å²) in [6.45, 7) is 8.96. The van der Waals surface area contributed by atoms with Crippen molar-refractivity contribution >= 4 is 46.5 Å². The van der Waals surface area contributed by atoms with Crippen molar-refractivity contribution in [2.45, 2.75) is 97.3 Å². The topological polar surface area (TPSA) is 123 Å². The highest BCUT2D eigenvalue weighted by atomic mass is 127. The van der Waals surface area contributed by atoms with E-state index in [0.29, 0.717) is 19.4 Å². The Kier molecular flexibility index (Phi) is 9.13. The van der Waals surface area contributed by atoms with Crippen LogP contribution in [0.1, 0.15) is 73.1 Å². The van der Waals surface area contributed by atoms with Gasteiger partial charge in [-0.25, -0.2) is 4.39 Å². The molecule has 3 fully saturated rings. The van der Waals surface area contributed by atoms with E-state index >= 15 is 0 Å². The summed E-state index contributed by atoms with van der Waals surface area (Å²) < 4.78 is 14.7. The Morgan fingerprint density at radius 1 is 1.24 bits per heavy atom. The number of amides is 4. The lowest BCUT2D eigenvalue weighted by Crippen LogP contribution is -2.63. The highest BCUT2D eigenvalue weighted by Crippen LogP contribution is 2.57. The van der Waals surface area contributed by atoms with Crippen molar-refractivity contribution < 1.29 is 23.6 Å². The number of likely N-dealkylation sites (tertiary alicyclic amines) is 1. The van der Waals surface area contributed by atoms with Gasteiger partial charge in [-0.2, -0.15) is 5.26 Å². The molecule has 1 aliphatic carbocycles. The number of nitrogens with one attached hydrogen (secondary N) is 2. The third kappa shape index (κ3) is 5.73. The van der Waals surface area contributed by atoms with Crippen molar-refractivity contribution in [2.24, 2.45) is 22.7 Å². The monoisotopic (exact) mass is 631 g/mol. The lowest BCUT2D eigenvalue weighted by atomic mass is 9.68. The van der Waals surface area contributed by atoms with E-state index in [0.717, 1.165) is 19.3 Å². The molecule has 0 spiro atoms. The van der Waals surface area contributed by atoms with Gasteiger partial charge in [0.1, 0.15) is 18.1 Å². The lowest BCUT2D eigenvalue weighted by molar-refractivity contribution is -0.151. The Hall–Kier alpha value is -1.97. The number of rotatable bonds is 9. The zero-order valence-electron chi connectivity index (χ0n) is 22.4. The second-order valence-corrected chi connectivity index (χ2v) is 13.0. The fourth-order valence-corrected chi connectivity index (χ4v) is 7.31. The van der Waals surface area contributed by atoms with Crippen molar-refractivity contribution in [1.29, 1.82) is 5.26 Å². The normalized spacial score (nSPS) is 28.1. The summed E-state index contributed by atoms with van der Waals surface area (Å²) in [5, 5.41) is 15.2. The number of hydrogen-bond donors (Lipinski definition) is 2. The fraction of sp³-hybridized carbons (Fsp3) is 0.808. The minimum absolute atomic E-state index is 0.0422. The molecule has 3 aliphatic rings. The summed E-state index contributed by atoms with van der Waals surface area (Å²) in [7, 11) is 0. The zero-order chi connectivity index (χ0) is 27.7. The maximum atomic E-state index is 13.9. The average molecular weight is 632 g/mol. The van der Waals surface area contributed by atoms with Crippen molar-refractivity contribution in [1.82, 2.24) is 18.6 Å². The average Bonchev–Trinajstić information content (AvgIpc) is 3.52. The molecule has 37 heavy (non-hydrogen) atoms. The van der Waals surface area contributed by atoms with Crippen LogP contribution in [0.4, 0.5) is 4.39 Å². The standard InChI is InChI=1S/C26H39FIN5O4/c1-6-26(7-2)12-17-11-18(26)20(33(17)24(37)21(25(3,4)5)31-19(34)13-27)22(35)30-16(14-29)10-15-8-9-32(28)23(15)36/h15-18,20-21H,6-13H2,1-5H3,(H,30,35)(H,31,34)/t15?,16-,17-,18-,20-,21?/m0/s1. The quantitative estimate of drug-likeness (QED) is 0.300. The van der Waals surface area contributed by atoms with Crippen LogP contribution >= 0.6 is 22.9 Å². The molecule has 2 heterocycles. The zero-order valence-corrected chi connectivity index (χ0v) is 24.5. The van der Waals surface area contributed by atoms with Crippen LogP contribution in [0.3, 0.4) is 0 Å². The molecule has 6 atom stereocenters. The van der Waals surface area contributed by atoms with E-state index in [9.17, 15) is 28.8 Å². The number of carbonyl (C=O) groups excluding carboxylic acids is 4. The van der Waals surface area contributed by atoms with E-state index in [2.05, 4.69) is 30.6 Å². The SMILES string of the molecule is CCC1(CC)C[C@@H]2C[C@H]1[C@@H](C(=O)N[C@H](C#N)CC1CCN(I)C1=O)N2C(=O)C(NC(=O)CF)C(C)(C)C. The van der Waals surface area contributed by atoms with Gasteiger partial charge in [-0.15, -0.1) is 0 Å². The minimum Gasteiger partial charge on any atom is -0.342 e. The molecule has 2 unspecified atom stereocenters. The molecular formula is C26H39FIN5O4. The van der Waals surface area contributed by atoms with Gasteiger partial charge in [-0.3, -0.25) is 22.3 Å². The van der Waals surface area contributed by atoms with Gasteiger partial charge in [0.25, 0.3) is 5.91 Å². The molecule has 3 rings (SSSR count). The molecule has 11 heteroatoms.